The maximum absolute atomic E-state index is 13.2. The summed E-state index contributed by atoms with van der Waals surface area (Å²) >= 11 is 1.60. The molecule has 0 spiro atoms. The van der Waals surface area contributed by atoms with Crippen molar-refractivity contribution in [1.82, 2.24) is 15.5 Å². The molecule has 212 valence electrons. The second-order valence-electron chi connectivity index (χ2n) is 11.2. The largest absolute Gasteiger partial charge is 0.444 e. The number of rotatable bonds is 10. The molecule has 2 atom stereocenters. The van der Waals surface area contributed by atoms with E-state index in [4.69, 9.17) is 4.74 Å². The van der Waals surface area contributed by atoms with Gasteiger partial charge in [-0.25, -0.2) is 4.79 Å². The predicted molar refractivity (Wildman–Crippen MR) is 152 cm³/mol. The summed E-state index contributed by atoms with van der Waals surface area (Å²) in [7, 11) is 0. The number of thioether (sulfide) groups is 1. The third kappa shape index (κ3) is 10.2. The summed E-state index contributed by atoms with van der Waals surface area (Å²) in [5.74, 6) is -0.276. The molecule has 0 aliphatic carbocycles. The first-order chi connectivity index (χ1) is 17.8. The Hall–Kier alpha value is -2.75. The Morgan fingerprint density at radius 2 is 1.66 bits per heavy atom. The molecule has 1 aromatic rings. The molecule has 1 saturated heterocycles. The first-order valence-corrected chi connectivity index (χ1v) is 14.6. The standard InChI is InChI=1S/C28H44N4O5S/c1-18(2)23(25(34)29-21-10-8-19(3)9-11-21)31-24(33)20-12-15-32(16-13-20)26(35)22(14-17-38-7)30-27(36)37-28(4,5)6/h8-11,18,20,22-23H,12-17H2,1-7H3,(H,29,34)(H,30,36)(H,31,33). The minimum absolute atomic E-state index is 0.0952. The van der Waals surface area contributed by atoms with Crippen LogP contribution in [0.25, 0.3) is 0 Å². The van der Waals surface area contributed by atoms with Crippen molar-refractivity contribution in [3.05, 3.63) is 29.8 Å². The van der Waals surface area contributed by atoms with Crippen LogP contribution in [0.2, 0.25) is 0 Å². The van der Waals surface area contributed by atoms with Crippen LogP contribution in [0.3, 0.4) is 0 Å². The normalized spacial score (nSPS) is 15.9. The van der Waals surface area contributed by atoms with Crippen LogP contribution >= 0.6 is 11.8 Å². The Morgan fingerprint density at radius 3 is 2.18 bits per heavy atom. The zero-order valence-corrected chi connectivity index (χ0v) is 24.6. The maximum atomic E-state index is 13.2. The van der Waals surface area contributed by atoms with Crippen LogP contribution in [-0.2, 0) is 19.1 Å². The molecule has 9 nitrogen and oxygen atoms in total. The lowest BCUT2D eigenvalue weighted by atomic mass is 9.94. The molecule has 0 radical (unpaired) electrons. The summed E-state index contributed by atoms with van der Waals surface area (Å²) in [6.07, 6.45) is 2.80. The molecule has 1 heterocycles. The van der Waals surface area contributed by atoms with Crippen molar-refractivity contribution >= 4 is 41.3 Å². The van der Waals surface area contributed by atoms with Crippen molar-refractivity contribution in [3.8, 4) is 0 Å². The average molecular weight is 549 g/mol. The number of carbonyl (C=O) groups is 4. The van der Waals surface area contributed by atoms with Gasteiger partial charge >= 0.3 is 6.09 Å². The molecule has 4 amide bonds. The average Bonchev–Trinajstić information content (AvgIpc) is 2.84. The van der Waals surface area contributed by atoms with Crippen LogP contribution in [0.15, 0.2) is 24.3 Å². The fraction of sp³-hybridized carbons (Fsp3) is 0.643. The van der Waals surface area contributed by atoms with Gasteiger partial charge in [-0.3, -0.25) is 14.4 Å². The number of hydrogen-bond donors (Lipinski definition) is 3. The lowest BCUT2D eigenvalue weighted by molar-refractivity contribution is -0.138. The van der Waals surface area contributed by atoms with Crippen molar-refractivity contribution in [2.75, 3.05) is 30.4 Å². The monoisotopic (exact) mass is 548 g/mol. The number of piperidine rings is 1. The van der Waals surface area contributed by atoms with E-state index in [-0.39, 0.29) is 29.6 Å². The highest BCUT2D eigenvalue weighted by Gasteiger charge is 2.34. The minimum Gasteiger partial charge on any atom is -0.444 e. The number of carbonyl (C=O) groups excluding carboxylic acids is 4. The summed E-state index contributed by atoms with van der Waals surface area (Å²) in [6, 6.07) is 6.16. The number of nitrogens with one attached hydrogen (secondary N) is 3. The number of ether oxygens (including phenoxy) is 1. The Bertz CT molecular complexity index is 953. The summed E-state index contributed by atoms with van der Waals surface area (Å²) in [5, 5.41) is 8.54. The fourth-order valence-electron chi connectivity index (χ4n) is 4.19. The lowest BCUT2D eigenvalue weighted by Crippen LogP contribution is -2.54. The van der Waals surface area contributed by atoms with Crippen LogP contribution in [-0.4, -0.2) is 71.5 Å². The zero-order valence-electron chi connectivity index (χ0n) is 23.8. The van der Waals surface area contributed by atoms with E-state index in [9.17, 15) is 19.2 Å². The van der Waals surface area contributed by atoms with Crippen molar-refractivity contribution in [1.29, 1.82) is 0 Å². The molecule has 1 aromatic carbocycles. The lowest BCUT2D eigenvalue weighted by Gasteiger charge is -2.34. The number of benzene rings is 1. The van der Waals surface area contributed by atoms with Crippen molar-refractivity contribution < 1.29 is 23.9 Å². The Kier molecular flexibility index (Phi) is 11.9. The number of likely N-dealkylation sites (tertiary alicyclic amines) is 1. The van der Waals surface area contributed by atoms with Gasteiger partial charge in [0.25, 0.3) is 0 Å². The molecule has 0 bridgehead atoms. The predicted octanol–water partition coefficient (Wildman–Crippen LogP) is 3.96. The summed E-state index contributed by atoms with van der Waals surface area (Å²) in [5.41, 5.74) is 1.12. The molecule has 10 heteroatoms. The molecule has 1 aliphatic rings. The maximum Gasteiger partial charge on any atom is 0.408 e. The van der Waals surface area contributed by atoms with Crippen molar-refractivity contribution in [3.63, 3.8) is 0 Å². The molecule has 0 aromatic heterocycles. The number of amides is 4. The van der Waals surface area contributed by atoms with Crippen LogP contribution in [0.1, 0.15) is 59.4 Å². The number of aryl methyl sites for hydroxylation is 1. The van der Waals surface area contributed by atoms with Gasteiger partial charge < -0.3 is 25.6 Å². The summed E-state index contributed by atoms with van der Waals surface area (Å²) in [6.45, 7) is 11.9. The molecular formula is C28H44N4O5S. The van der Waals surface area contributed by atoms with E-state index in [1.165, 1.54) is 0 Å². The van der Waals surface area contributed by atoms with Gasteiger partial charge in [-0.1, -0.05) is 31.5 Å². The van der Waals surface area contributed by atoms with E-state index in [0.29, 0.717) is 43.8 Å². The van der Waals surface area contributed by atoms with Crippen LogP contribution in [0.5, 0.6) is 0 Å². The first-order valence-electron chi connectivity index (χ1n) is 13.3. The third-order valence-electron chi connectivity index (χ3n) is 6.34. The SMILES string of the molecule is CSCCC(NC(=O)OC(C)(C)C)C(=O)N1CCC(C(=O)NC(C(=O)Nc2ccc(C)cc2)C(C)C)CC1. The van der Waals surface area contributed by atoms with Gasteiger partial charge in [0.05, 0.1) is 0 Å². The topological polar surface area (TPSA) is 117 Å². The highest BCUT2D eigenvalue weighted by Crippen LogP contribution is 2.20. The Labute approximate surface area is 231 Å². The summed E-state index contributed by atoms with van der Waals surface area (Å²) in [4.78, 5) is 53.2. The van der Waals surface area contributed by atoms with Crippen molar-refractivity contribution in [2.45, 2.75) is 78.5 Å². The van der Waals surface area contributed by atoms with E-state index in [0.717, 1.165) is 5.56 Å². The molecule has 1 aliphatic heterocycles. The van der Waals surface area contributed by atoms with Crippen LogP contribution in [0.4, 0.5) is 10.5 Å². The van der Waals surface area contributed by atoms with E-state index < -0.39 is 23.8 Å². The van der Waals surface area contributed by atoms with Crippen LogP contribution < -0.4 is 16.0 Å². The first kappa shape index (κ1) is 31.5. The molecule has 38 heavy (non-hydrogen) atoms. The van der Waals surface area contributed by atoms with Gasteiger partial charge in [-0.2, -0.15) is 11.8 Å². The van der Waals surface area contributed by atoms with Gasteiger partial charge in [-0.05, 0) is 77.0 Å². The summed E-state index contributed by atoms with van der Waals surface area (Å²) < 4.78 is 5.34. The number of hydrogen-bond acceptors (Lipinski definition) is 6. The second kappa shape index (κ2) is 14.4. The number of nitrogens with zero attached hydrogens (tertiary/aromatic N) is 1. The van der Waals surface area contributed by atoms with E-state index in [1.807, 2.05) is 51.3 Å². The molecule has 3 N–H and O–H groups in total. The highest BCUT2D eigenvalue weighted by molar-refractivity contribution is 7.98. The third-order valence-corrected chi connectivity index (χ3v) is 6.99. The Morgan fingerprint density at radius 1 is 1.05 bits per heavy atom. The van der Waals surface area contributed by atoms with E-state index >= 15 is 0 Å². The number of anilines is 1. The highest BCUT2D eigenvalue weighted by atomic mass is 32.2. The molecular weight excluding hydrogens is 504 g/mol. The van der Waals surface area contributed by atoms with Crippen LogP contribution in [0, 0.1) is 18.8 Å². The second-order valence-corrected chi connectivity index (χ2v) is 12.2. The van der Waals surface area contributed by atoms with Gasteiger partial charge in [0.15, 0.2) is 0 Å². The molecule has 2 unspecified atom stereocenters. The zero-order chi connectivity index (χ0) is 28.5. The van der Waals surface area contributed by atoms with Gasteiger partial charge in [0.2, 0.25) is 17.7 Å². The van der Waals surface area contributed by atoms with E-state index in [2.05, 4.69) is 16.0 Å². The molecule has 1 fully saturated rings. The quantitative estimate of drug-likeness (QED) is 0.408. The van der Waals surface area contributed by atoms with Gasteiger partial charge in [0, 0.05) is 24.7 Å². The van der Waals surface area contributed by atoms with E-state index in [1.54, 1.807) is 37.4 Å². The van der Waals surface area contributed by atoms with Crippen molar-refractivity contribution in [2.24, 2.45) is 11.8 Å². The minimum atomic E-state index is -0.682. The van der Waals surface area contributed by atoms with Gasteiger partial charge in [0.1, 0.15) is 17.7 Å². The fourth-order valence-corrected chi connectivity index (χ4v) is 4.66. The molecule has 2 rings (SSSR count). The number of alkyl carbamates (subject to hydrolysis) is 1. The Balaban J connectivity index is 1.94. The van der Waals surface area contributed by atoms with Gasteiger partial charge in [-0.15, -0.1) is 0 Å². The molecule has 0 saturated carbocycles. The smallest absolute Gasteiger partial charge is 0.408 e.